The van der Waals surface area contributed by atoms with Crippen molar-refractivity contribution < 1.29 is 18.7 Å². The third-order valence-electron chi connectivity index (χ3n) is 2.68. The third-order valence-corrected chi connectivity index (χ3v) is 2.68. The number of hydrogen-bond donors (Lipinski definition) is 0. The highest BCUT2D eigenvalue weighted by atomic mass is 19.1. The van der Waals surface area contributed by atoms with E-state index in [4.69, 9.17) is 14.7 Å². The first-order chi connectivity index (χ1) is 9.69. The maximum atomic E-state index is 13.3. The Bertz CT molecular complexity index is 482. The number of carbonyl (C=O) groups is 1. The van der Waals surface area contributed by atoms with Gasteiger partial charge < -0.3 is 9.47 Å². The average Bonchev–Trinajstić information content (AvgIpc) is 2.43. The summed E-state index contributed by atoms with van der Waals surface area (Å²) in [5.74, 6) is -0.504. The molecule has 0 N–H and O–H groups in total. The summed E-state index contributed by atoms with van der Waals surface area (Å²) in [6.45, 7) is 2.57. The molecule has 0 heterocycles. The van der Waals surface area contributed by atoms with E-state index in [-0.39, 0.29) is 17.3 Å². The van der Waals surface area contributed by atoms with Gasteiger partial charge in [0.2, 0.25) is 0 Å². The van der Waals surface area contributed by atoms with Crippen LogP contribution in [0.25, 0.3) is 0 Å². The molecule has 0 bridgehead atoms. The van der Waals surface area contributed by atoms with E-state index in [1.54, 1.807) is 19.1 Å². The van der Waals surface area contributed by atoms with Crippen LogP contribution in [-0.2, 0) is 9.53 Å². The van der Waals surface area contributed by atoms with Crippen LogP contribution in [0.15, 0.2) is 18.2 Å². The Morgan fingerprint density at radius 1 is 1.35 bits per heavy atom. The Labute approximate surface area is 118 Å². The Morgan fingerprint density at radius 2 is 2.15 bits per heavy atom. The van der Waals surface area contributed by atoms with Crippen LogP contribution in [0.1, 0.15) is 38.2 Å². The predicted molar refractivity (Wildman–Crippen MR) is 71.7 cm³/mol. The first-order valence-electron chi connectivity index (χ1n) is 6.66. The van der Waals surface area contributed by atoms with Gasteiger partial charge in [0.25, 0.3) is 0 Å². The molecule has 0 amide bonds. The molecule has 0 aliphatic carbocycles. The number of nitrogens with zero attached hydrogens (tertiary/aromatic N) is 1. The minimum Gasteiger partial charge on any atom is -0.492 e. The lowest BCUT2D eigenvalue weighted by Gasteiger charge is -2.08. The number of benzene rings is 1. The first-order valence-corrected chi connectivity index (χ1v) is 6.66. The molecule has 0 saturated carbocycles. The van der Waals surface area contributed by atoms with Crippen LogP contribution < -0.4 is 4.74 Å². The molecule has 0 radical (unpaired) electrons. The summed E-state index contributed by atoms with van der Waals surface area (Å²) in [6.07, 6.45) is 2.69. The second kappa shape index (κ2) is 8.92. The Hall–Kier alpha value is -2.09. The maximum Gasteiger partial charge on any atom is 0.305 e. The fourth-order valence-electron chi connectivity index (χ4n) is 1.70. The summed E-state index contributed by atoms with van der Waals surface area (Å²) in [5, 5.41) is 8.83. The van der Waals surface area contributed by atoms with E-state index in [1.165, 1.54) is 12.1 Å². The summed E-state index contributed by atoms with van der Waals surface area (Å²) in [5.41, 5.74) is -0.0703. The SMILES string of the molecule is CCOC(=O)CCCCCOc1cccc(F)c1C#N. The van der Waals surface area contributed by atoms with Crippen molar-refractivity contribution in [1.29, 1.82) is 5.26 Å². The predicted octanol–water partition coefficient (Wildman–Crippen LogP) is 3.20. The van der Waals surface area contributed by atoms with Crippen molar-refractivity contribution >= 4 is 5.97 Å². The lowest BCUT2D eigenvalue weighted by Crippen LogP contribution is -2.04. The molecule has 0 aromatic heterocycles. The number of hydrogen-bond acceptors (Lipinski definition) is 4. The van der Waals surface area contributed by atoms with Crippen molar-refractivity contribution in [3.63, 3.8) is 0 Å². The van der Waals surface area contributed by atoms with Gasteiger partial charge in [-0.05, 0) is 38.3 Å². The van der Waals surface area contributed by atoms with Crippen LogP contribution in [0.4, 0.5) is 4.39 Å². The van der Waals surface area contributed by atoms with Crippen LogP contribution in [0.3, 0.4) is 0 Å². The molecule has 1 aromatic rings. The molecule has 0 unspecified atom stereocenters. The van der Waals surface area contributed by atoms with Crippen LogP contribution in [0.5, 0.6) is 5.75 Å². The monoisotopic (exact) mass is 279 g/mol. The second-order valence-electron chi connectivity index (χ2n) is 4.19. The van der Waals surface area contributed by atoms with Gasteiger partial charge in [-0.25, -0.2) is 4.39 Å². The zero-order valence-electron chi connectivity index (χ0n) is 11.5. The van der Waals surface area contributed by atoms with Crippen molar-refractivity contribution in [3.05, 3.63) is 29.6 Å². The van der Waals surface area contributed by atoms with Gasteiger partial charge in [0, 0.05) is 6.42 Å². The second-order valence-corrected chi connectivity index (χ2v) is 4.19. The summed E-state index contributed by atoms with van der Waals surface area (Å²) in [4.78, 5) is 11.1. The van der Waals surface area contributed by atoms with E-state index in [1.807, 2.05) is 0 Å². The zero-order valence-corrected chi connectivity index (χ0v) is 11.5. The van der Waals surface area contributed by atoms with Gasteiger partial charge in [0.15, 0.2) is 0 Å². The molecule has 20 heavy (non-hydrogen) atoms. The van der Waals surface area contributed by atoms with Crippen LogP contribution in [0, 0.1) is 17.1 Å². The van der Waals surface area contributed by atoms with Crippen LogP contribution >= 0.6 is 0 Å². The van der Waals surface area contributed by atoms with Gasteiger partial charge >= 0.3 is 5.97 Å². The quantitative estimate of drug-likeness (QED) is 0.541. The lowest BCUT2D eigenvalue weighted by molar-refractivity contribution is -0.143. The molecule has 1 aromatic carbocycles. The number of ether oxygens (including phenoxy) is 2. The minimum absolute atomic E-state index is 0.0703. The molecule has 0 aliphatic heterocycles. The summed E-state index contributed by atoms with van der Waals surface area (Å²) in [6, 6.07) is 6.09. The highest BCUT2D eigenvalue weighted by Gasteiger charge is 2.08. The third kappa shape index (κ3) is 5.27. The van der Waals surface area contributed by atoms with Crippen molar-refractivity contribution in [1.82, 2.24) is 0 Å². The van der Waals surface area contributed by atoms with Gasteiger partial charge in [-0.2, -0.15) is 5.26 Å². The molecule has 0 spiro atoms. The van der Waals surface area contributed by atoms with Crippen molar-refractivity contribution in [3.8, 4) is 11.8 Å². The molecule has 5 heteroatoms. The smallest absolute Gasteiger partial charge is 0.305 e. The van der Waals surface area contributed by atoms with Gasteiger partial charge in [0.1, 0.15) is 23.2 Å². The van der Waals surface area contributed by atoms with E-state index in [0.29, 0.717) is 19.6 Å². The highest BCUT2D eigenvalue weighted by Crippen LogP contribution is 2.20. The Kier molecular flexibility index (Phi) is 7.12. The number of halogens is 1. The van der Waals surface area contributed by atoms with E-state index in [9.17, 15) is 9.18 Å². The van der Waals surface area contributed by atoms with Crippen molar-refractivity contribution in [2.45, 2.75) is 32.6 Å². The van der Waals surface area contributed by atoms with E-state index >= 15 is 0 Å². The average molecular weight is 279 g/mol. The van der Waals surface area contributed by atoms with Crippen molar-refractivity contribution in [2.75, 3.05) is 13.2 Å². The zero-order chi connectivity index (χ0) is 14.8. The van der Waals surface area contributed by atoms with Crippen LogP contribution in [-0.4, -0.2) is 19.2 Å². The maximum absolute atomic E-state index is 13.3. The summed E-state index contributed by atoms with van der Waals surface area (Å²) >= 11 is 0. The summed E-state index contributed by atoms with van der Waals surface area (Å²) < 4.78 is 23.5. The molecular weight excluding hydrogens is 261 g/mol. The van der Waals surface area contributed by atoms with E-state index in [0.717, 1.165) is 19.3 Å². The van der Waals surface area contributed by atoms with Gasteiger partial charge in [-0.3, -0.25) is 4.79 Å². The Balaban J connectivity index is 2.24. The normalized spacial score (nSPS) is 9.85. The molecule has 1 rings (SSSR count). The largest absolute Gasteiger partial charge is 0.492 e. The fraction of sp³-hybridized carbons (Fsp3) is 0.467. The van der Waals surface area contributed by atoms with Gasteiger partial charge in [-0.1, -0.05) is 6.07 Å². The molecule has 108 valence electrons. The number of rotatable bonds is 8. The first kappa shape index (κ1) is 16.0. The number of nitriles is 1. The number of esters is 1. The minimum atomic E-state index is -0.577. The standard InChI is InChI=1S/C15H18FNO3/c1-2-19-15(18)9-4-3-5-10-20-14-8-6-7-13(16)12(14)11-17/h6-8H,2-5,9-10H2,1H3. The molecule has 0 saturated heterocycles. The molecule has 0 fully saturated rings. The topological polar surface area (TPSA) is 59.3 Å². The van der Waals surface area contributed by atoms with Gasteiger partial charge in [-0.15, -0.1) is 0 Å². The fourth-order valence-corrected chi connectivity index (χ4v) is 1.70. The van der Waals surface area contributed by atoms with Gasteiger partial charge in [0.05, 0.1) is 13.2 Å². The molecule has 4 nitrogen and oxygen atoms in total. The molecule has 0 atom stereocenters. The summed E-state index contributed by atoms with van der Waals surface area (Å²) in [7, 11) is 0. The molecular formula is C15H18FNO3. The molecule has 0 aliphatic rings. The lowest BCUT2D eigenvalue weighted by atomic mass is 10.2. The number of unbranched alkanes of at least 4 members (excludes halogenated alkanes) is 2. The van der Waals surface area contributed by atoms with E-state index < -0.39 is 5.82 Å². The Morgan fingerprint density at radius 3 is 2.85 bits per heavy atom. The highest BCUT2D eigenvalue weighted by molar-refractivity contribution is 5.69. The number of carbonyl (C=O) groups excluding carboxylic acids is 1. The van der Waals surface area contributed by atoms with Crippen LogP contribution in [0.2, 0.25) is 0 Å². The van der Waals surface area contributed by atoms with E-state index in [2.05, 4.69) is 0 Å². The van der Waals surface area contributed by atoms with Crippen molar-refractivity contribution in [2.24, 2.45) is 0 Å².